The van der Waals surface area contributed by atoms with Crippen molar-refractivity contribution in [3.63, 3.8) is 0 Å². The summed E-state index contributed by atoms with van der Waals surface area (Å²) in [6.45, 7) is 9.51. The van der Waals surface area contributed by atoms with Gasteiger partial charge in [0.05, 0.1) is 13.2 Å². The summed E-state index contributed by atoms with van der Waals surface area (Å²) in [5.41, 5.74) is 1.76. The van der Waals surface area contributed by atoms with Crippen molar-refractivity contribution in [3.8, 4) is 16.9 Å². The second-order valence-corrected chi connectivity index (χ2v) is 15.8. The fraction of sp³-hybridized carbons (Fsp3) is 0.550. The maximum absolute atomic E-state index is 13.8. The number of nitrogens with one attached hydrogen (secondary N) is 3. The molecule has 0 aromatic heterocycles. The number of methoxy groups -OCH3 is 2. The van der Waals surface area contributed by atoms with Gasteiger partial charge in [0.25, 0.3) is 5.91 Å². The first kappa shape index (κ1) is 40.7. The van der Waals surface area contributed by atoms with E-state index in [4.69, 9.17) is 14.2 Å². The maximum atomic E-state index is 13.8. The van der Waals surface area contributed by atoms with E-state index in [2.05, 4.69) is 40.1 Å². The predicted molar refractivity (Wildman–Crippen MR) is 205 cm³/mol. The Morgan fingerprint density at radius 1 is 0.942 bits per heavy atom. The lowest BCUT2D eigenvalue weighted by atomic mass is 9.85. The molecule has 0 bridgehead atoms. The monoisotopic (exact) mass is 736 g/mol. The van der Waals surface area contributed by atoms with Crippen LogP contribution in [0.5, 0.6) is 5.75 Å². The van der Waals surface area contributed by atoms with Crippen LogP contribution in [0, 0.1) is 5.41 Å². The molecule has 4 atom stereocenters. The average Bonchev–Trinajstić information content (AvgIpc) is 3.63. The number of carbonyl (C=O) groups is 4. The van der Waals surface area contributed by atoms with Gasteiger partial charge < -0.3 is 29.7 Å². The Morgan fingerprint density at radius 2 is 1.63 bits per heavy atom. The van der Waals surface area contributed by atoms with Gasteiger partial charge in [-0.3, -0.25) is 19.1 Å². The van der Waals surface area contributed by atoms with Crippen molar-refractivity contribution in [3.05, 3.63) is 67.3 Å². The summed E-state index contributed by atoms with van der Waals surface area (Å²) < 4.78 is 19.1. The molecule has 2 aliphatic carbocycles. The Morgan fingerprint density at radius 3 is 2.25 bits per heavy atom. The number of carbonyl (C=O) groups excluding carboxylic acids is 4. The SMILES string of the molecule is C=CCCC(NC(=O)C1CC(OC)CN1C(=O)C(NC(=O)OC1CCCC1)C(C)(C)C)C(=O)NSC1CC1.COc1cccc(-c2ccccc2)c1. The molecule has 5 rings (SSSR count). The fourth-order valence-electron chi connectivity index (χ4n) is 6.24. The quantitative estimate of drug-likeness (QED) is 0.149. The van der Waals surface area contributed by atoms with E-state index in [0.717, 1.165) is 44.3 Å². The van der Waals surface area contributed by atoms with Crippen LogP contribution in [-0.4, -0.2) is 85.1 Å². The van der Waals surface area contributed by atoms with Crippen LogP contribution in [0.15, 0.2) is 67.3 Å². The van der Waals surface area contributed by atoms with E-state index in [0.29, 0.717) is 24.5 Å². The second-order valence-electron chi connectivity index (χ2n) is 14.7. The molecule has 52 heavy (non-hydrogen) atoms. The second kappa shape index (κ2) is 19.7. The molecular weight excluding hydrogens is 681 g/mol. The van der Waals surface area contributed by atoms with E-state index in [-0.39, 0.29) is 30.6 Å². The summed E-state index contributed by atoms with van der Waals surface area (Å²) in [7, 11) is 3.23. The normalized spacial score (nSPS) is 19.8. The molecule has 284 valence electrons. The molecule has 1 heterocycles. The Labute approximate surface area is 313 Å². The average molecular weight is 737 g/mol. The van der Waals surface area contributed by atoms with E-state index < -0.39 is 35.5 Å². The van der Waals surface area contributed by atoms with Crippen molar-refractivity contribution in [2.45, 2.75) is 114 Å². The van der Waals surface area contributed by atoms with Gasteiger partial charge in [0.2, 0.25) is 11.8 Å². The van der Waals surface area contributed by atoms with Gasteiger partial charge in [-0.05, 0) is 92.0 Å². The standard InChI is InChI=1S/C27H44N4O6S.C13H12O/c1-6-7-12-20(23(32)30-38-19-13-14-19)28-24(33)21-15-18(36-5)16-31(21)25(34)22(27(2,3)4)29-26(35)37-17-10-8-9-11-17;1-14-13-9-5-8-12(10-13)11-6-3-2-4-7-11/h6,17-22H,1,7-16H2,2-5H3,(H,28,33)(H,29,35)(H,30,32);2-10H,1H3. The molecule has 1 saturated heterocycles. The molecule has 0 radical (unpaired) electrons. The van der Waals surface area contributed by atoms with E-state index in [9.17, 15) is 19.2 Å². The van der Waals surface area contributed by atoms with Crippen LogP contribution in [-0.2, 0) is 23.9 Å². The smallest absolute Gasteiger partial charge is 0.408 e. The zero-order valence-electron chi connectivity index (χ0n) is 31.2. The van der Waals surface area contributed by atoms with E-state index >= 15 is 0 Å². The number of hydrogen-bond acceptors (Lipinski definition) is 8. The first-order valence-corrected chi connectivity index (χ1v) is 19.2. The Hall–Kier alpha value is -4.03. The first-order chi connectivity index (χ1) is 24.9. The highest BCUT2D eigenvalue weighted by molar-refractivity contribution is 7.98. The Balaban J connectivity index is 0.000000358. The number of rotatable bonds is 14. The van der Waals surface area contributed by atoms with Crippen LogP contribution in [0.2, 0.25) is 0 Å². The minimum Gasteiger partial charge on any atom is -0.497 e. The van der Waals surface area contributed by atoms with Gasteiger partial charge in [-0.2, -0.15) is 0 Å². The van der Waals surface area contributed by atoms with Crippen molar-refractivity contribution < 1.29 is 33.4 Å². The lowest BCUT2D eigenvalue weighted by Crippen LogP contribution is -2.59. The predicted octanol–water partition coefficient (Wildman–Crippen LogP) is 6.43. The fourth-order valence-corrected chi connectivity index (χ4v) is 7.03. The molecule has 11 nitrogen and oxygen atoms in total. The largest absolute Gasteiger partial charge is 0.497 e. The number of hydrogen-bond donors (Lipinski definition) is 3. The summed E-state index contributed by atoms with van der Waals surface area (Å²) in [6.07, 6.45) is 7.70. The summed E-state index contributed by atoms with van der Waals surface area (Å²) in [4.78, 5) is 54.3. The topological polar surface area (TPSA) is 135 Å². The third-order valence-corrected chi connectivity index (χ3v) is 10.6. The Bertz CT molecular complexity index is 1490. The molecule has 4 amide bonds. The van der Waals surface area contributed by atoms with E-state index in [1.54, 1.807) is 20.3 Å². The molecule has 2 aromatic rings. The molecule has 2 saturated carbocycles. The number of likely N-dealkylation sites (tertiary alicyclic amines) is 1. The van der Waals surface area contributed by atoms with E-state index in [1.807, 2.05) is 57.2 Å². The van der Waals surface area contributed by atoms with Gasteiger partial charge in [-0.1, -0.05) is 69.3 Å². The highest BCUT2D eigenvalue weighted by Gasteiger charge is 2.46. The van der Waals surface area contributed by atoms with Gasteiger partial charge in [-0.25, -0.2) is 4.79 Å². The Kier molecular flexibility index (Phi) is 15.4. The van der Waals surface area contributed by atoms with E-state index in [1.165, 1.54) is 28.0 Å². The van der Waals surface area contributed by atoms with Crippen molar-refractivity contribution in [1.29, 1.82) is 0 Å². The van der Waals surface area contributed by atoms with Crippen LogP contribution in [0.25, 0.3) is 11.1 Å². The molecule has 3 fully saturated rings. The summed E-state index contributed by atoms with van der Waals surface area (Å²) in [5.74, 6) is -0.164. The lowest BCUT2D eigenvalue weighted by molar-refractivity contribution is -0.142. The van der Waals surface area contributed by atoms with Gasteiger partial charge >= 0.3 is 6.09 Å². The van der Waals surface area contributed by atoms with Gasteiger partial charge in [-0.15, -0.1) is 6.58 Å². The first-order valence-electron chi connectivity index (χ1n) is 18.3. The highest BCUT2D eigenvalue weighted by atomic mass is 32.2. The molecule has 1 aliphatic heterocycles. The summed E-state index contributed by atoms with van der Waals surface area (Å²) in [5, 5.41) is 6.06. The number of benzene rings is 2. The van der Waals surface area contributed by atoms with Gasteiger partial charge in [0.15, 0.2) is 0 Å². The van der Waals surface area contributed by atoms with Crippen LogP contribution in [0.3, 0.4) is 0 Å². The minimum atomic E-state index is -0.905. The van der Waals surface area contributed by atoms with Crippen molar-refractivity contribution in [2.75, 3.05) is 20.8 Å². The molecule has 3 N–H and O–H groups in total. The number of nitrogens with zero attached hydrogens (tertiary/aromatic N) is 1. The van der Waals surface area contributed by atoms with Crippen molar-refractivity contribution >= 4 is 35.8 Å². The van der Waals surface area contributed by atoms with Crippen molar-refractivity contribution in [2.24, 2.45) is 5.41 Å². The lowest BCUT2D eigenvalue weighted by Gasteiger charge is -2.35. The molecule has 2 aromatic carbocycles. The summed E-state index contributed by atoms with van der Waals surface area (Å²) in [6, 6.07) is 15.9. The number of ether oxygens (including phenoxy) is 3. The summed E-state index contributed by atoms with van der Waals surface area (Å²) >= 11 is 1.39. The number of alkyl carbamates (subject to hydrolysis) is 1. The minimum absolute atomic E-state index is 0.134. The molecule has 3 aliphatic rings. The van der Waals surface area contributed by atoms with Crippen LogP contribution >= 0.6 is 11.9 Å². The van der Waals surface area contributed by atoms with Crippen LogP contribution in [0.1, 0.15) is 78.6 Å². The zero-order chi connectivity index (χ0) is 37.7. The molecular formula is C40H56N4O7S. The molecule has 0 spiro atoms. The molecule has 4 unspecified atom stereocenters. The van der Waals surface area contributed by atoms with Crippen molar-refractivity contribution in [1.82, 2.24) is 20.3 Å². The maximum Gasteiger partial charge on any atom is 0.408 e. The third kappa shape index (κ3) is 12.3. The highest BCUT2D eigenvalue weighted by Crippen LogP contribution is 2.32. The number of amides is 4. The van der Waals surface area contributed by atoms with Gasteiger partial charge in [0, 0.05) is 25.3 Å². The molecule has 12 heteroatoms. The third-order valence-electron chi connectivity index (χ3n) is 9.45. The van der Waals surface area contributed by atoms with Gasteiger partial charge in [0.1, 0.15) is 30.0 Å². The van der Waals surface area contributed by atoms with Crippen LogP contribution in [0.4, 0.5) is 4.79 Å². The zero-order valence-corrected chi connectivity index (χ0v) is 32.0. The van der Waals surface area contributed by atoms with Crippen LogP contribution < -0.4 is 20.1 Å². The number of allylic oxidation sites excluding steroid dienone is 1.